The monoisotopic (exact) mass is 263 g/mol. The van der Waals surface area contributed by atoms with Gasteiger partial charge in [0.25, 0.3) is 0 Å². The minimum Gasteiger partial charge on any atom is -0.354 e. The van der Waals surface area contributed by atoms with E-state index >= 15 is 0 Å². The van der Waals surface area contributed by atoms with Gasteiger partial charge in [0.2, 0.25) is 0 Å². The van der Waals surface area contributed by atoms with E-state index in [0.29, 0.717) is 30.2 Å². The smallest absolute Gasteiger partial charge is 0.170 e. The largest absolute Gasteiger partial charge is 0.354 e. The summed E-state index contributed by atoms with van der Waals surface area (Å²) in [5, 5.41) is 3.36. The van der Waals surface area contributed by atoms with Gasteiger partial charge >= 0.3 is 0 Å². The number of hydrogen-bond acceptors (Lipinski definition) is 3. The summed E-state index contributed by atoms with van der Waals surface area (Å²) in [4.78, 5) is 6.34. The number of aromatic nitrogens is 1. The fraction of sp³-hybridized carbons (Fsp3) is 0.667. The summed E-state index contributed by atoms with van der Waals surface area (Å²) in [6.45, 7) is 6.88. The van der Waals surface area contributed by atoms with E-state index in [-0.39, 0.29) is 5.82 Å². The quantitative estimate of drug-likeness (QED) is 0.905. The van der Waals surface area contributed by atoms with E-state index in [4.69, 9.17) is 0 Å². The lowest BCUT2D eigenvalue weighted by Crippen LogP contribution is -2.24. The van der Waals surface area contributed by atoms with Crippen LogP contribution in [0.1, 0.15) is 32.3 Å². The van der Waals surface area contributed by atoms with Crippen LogP contribution in [0.2, 0.25) is 0 Å². The van der Waals surface area contributed by atoms with Crippen molar-refractivity contribution in [2.24, 2.45) is 11.8 Å². The molecule has 2 unspecified atom stereocenters. The van der Waals surface area contributed by atoms with Crippen LogP contribution < -0.4 is 10.2 Å². The van der Waals surface area contributed by atoms with Gasteiger partial charge in [0, 0.05) is 37.4 Å². The van der Waals surface area contributed by atoms with Gasteiger partial charge in [-0.15, -0.1) is 0 Å². The molecule has 3 nitrogen and oxygen atoms in total. The van der Waals surface area contributed by atoms with E-state index in [1.807, 2.05) is 0 Å². The van der Waals surface area contributed by atoms with Gasteiger partial charge in [0.1, 0.15) is 0 Å². The molecule has 1 saturated carbocycles. The second-order valence-electron chi connectivity index (χ2n) is 6.12. The van der Waals surface area contributed by atoms with Crippen molar-refractivity contribution in [2.75, 3.05) is 18.0 Å². The van der Waals surface area contributed by atoms with Gasteiger partial charge in [-0.2, -0.15) is 0 Å². The molecular weight excluding hydrogens is 241 g/mol. The number of nitrogens with one attached hydrogen (secondary N) is 1. The first kappa shape index (κ1) is 12.9. The van der Waals surface area contributed by atoms with Crippen molar-refractivity contribution in [3.8, 4) is 0 Å². The molecule has 104 valence electrons. The summed E-state index contributed by atoms with van der Waals surface area (Å²) in [7, 11) is 0. The molecule has 3 rings (SSSR count). The third-order valence-electron chi connectivity index (χ3n) is 4.40. The first-order valence-corrected chi connectivity index (χ1v) is 7.27. The van der Waals surface area contributed by atoms with Crippen LogP contribution in [0.4, 0.5) is 10.2 Å². The number of rotatable bonds is 4. The van der Waals surface area contributed by atoms with Gasteiger partial charge in [-0.1, -0.05) is 13.8 Å². The fourth-order valence-corrected chi connectivity index (χ4v) is 2.67. The Morgan fingerprint density at radius 2 is 2.00 bits per heavy atom. The molecule has 1 saturated heterocycles. The Bertz CT molecular complexity index is 449. The Morgan fingerprint density at radius 1 is 1.32 bits per heavy atom. The predicted molar refractivity (Wildman–Crippen MR) is 74.6 cm³/mol. The molecule has 1 aliphatic carbocycles. The molecule has 2 heterocycles. The number of halogens is 1. The second kappa shape index (κ2) is 5.08. The molecule has 19 heavy (non-hydrogen) atoms. The summed E-state index contributed by atoms with van der Waals surface area (Å²) in [6, 6.07) is 2.39. The number of anilines is 1. The summed E-state index contributed by atoms with van der Waals surface area (Å²) >= 11 is 0. The minimum absolute atomic E-state index is 0.142. The van der Waals surface area contributed by atoms with Crippen LogP contribution in [-0.2, 0) is 6.54 Å². The molecule has 1 aliphatic heterocycles. The average Bonchev–Trinajstić information content (AvgIpc) is 3.15. The Balaban J connectivity index is 1.75. The van der Waals surface area contributed by atoms with Crippen molar-refractivity contribution < 1.29 is 4.39 Å². The molecule has 2 fully saturated rings. The molecule has 1 N–H and O–H groups in total. The van der Waals surface area contributed by atoms with Crippen LogP contribution in [0.5, 0.6) is 0 Å². The van der Waals surface area contributed by atoms with E-state index < -0.39 is 0 Å². The van der Waals surface area contributed by atoms with E-state index in [1.165, 1.54) is 12.8 Å². The SMILES string of the molecule is CC1CN(c2nccc(CNC3CC3)c2F)CC1C. The molecule has 0 radical (unpaired) electrons. The van der Waals surface area contributed by atoms with E-state index in [0.717, 1.165) is 18.7 Å². The number of hydrogen-bond donors (Lipinski definition) is 1. The van der Waals surface area contributed by atoms with Crippen molar-refractivity contribution in [3.05, 3.63) is 23.6 Å². The summed E-state index contributed by atoms with van der Waals surface area (Å²) < 4.78 is 14.5. The van der Waals surface area contributed by atoms with Gasteiger partial charge < -0.3 is 10.2 Å². The minimum atomic E-state index is -0.142. The van der Waals surface area contributed by atoms with Crippen molar-refractivity contribution in [1.29, 1.82) is 0 Å². The Kier molecular flexibility index (Phi) is 3.44. The zero-order chi connectivity index (χ0) is 13.4. The van der Waals surface area contributed by atoms with Crippen LogP contribution in [0.3, 0.4) is 0 Å². The van der Waals surface area contributed by atoms with Gasteiger partial charge in [0.05, 0.1) is 0 Å². The average molecular weight is 263 g/mol. The van der Waals surface area contributed by atoms with Gasteiger partial charge in [-0.3, -0.25) is 0 Å². The molecule has 0 spiro atoms. The Hall–Kier alpha value is -1.16. The van der Waals surface area contributed by atoms with Crippen LogP contribution in [-0.4, -0.2) is 24.1 Å². The van der Waals surface area contributed by atoms with E-state index in [9.17, 15) is 4.39 Å². The highest BCUT2D eigenvalue weighted by Gasteiger charge is 2.29. The molecule has 0 aromatic carbocycles. The van der Waals surface area contributed by atoms with Gasteiger partial charge in [0.15, 0.2) is 11.6 Å². The summed E-state index contributed by atoms with van der Waals surface area (Å²) in [5.41, 5.74) is 0.740. The maximum Gasteiger partial charge on any atom is 0.170 e. The van der Waals surface area contributed by atoms with Crippen LogP contribution in [0, 0.1) is 17.7 Å². The standard InChI is InChI=1S/C15H22FN3/c1-10-8-19(9-11(10)2)15-14(16)12(5-6-17-15)7-18-13-3-4-13/h5-6,10-11,13,18H,3-4,7-9H2,1-2H3. The molecule has 1 aromatic heterocycles. The van der Waals surface area contributed by atoms with E-state index in [2.05, 4.69) is 29.0 Å². The lowest BCUT2D eigenvalue weighted by molar-refractivity contribution is 0.494. The molecule has 0 bridgehead atoms. The molecule has 0 amide bonds. The highest BCUT2D eigenvalue weighted by molar-refractivity contribution is 5.44. The topological polar surface area (TPSA) is 28.2 Å². The van der Waals surface area contributed by atoms with Crippen LogP contribution in [0.25, 0.3) is 0 Å². The van der Waals surface area contributed by atoms with Gasteiger partial charge in [-0.05, 0) is 30.7 Å². The highest BCUT2D eigenvalue weighted by atomic mass is 19.1. The first-order valence-electron chi connectivity index (χ1n) is 7.27. The Labute approximate surface area is 114 Å². The summed E-state index contributed by atoms with van der Waals surface area (Å²) in [6.07, 6.45) is 4.18. The number of nitrogens with zero attached hydrogens (tertiary/aromatic N) is 2. The van der Waals surface area contributed by atoms with Gasteiger partial charge in [-0.25, -0.2) is 9.37 Å². The molecule has 4 heteroatoms. The third-order valence-corrected chi connectivity index (χ3v) is 4.40. The number of pyridine rings is 1. The maximum absolute atomic E-state index is 14.5. The van der Waals surface area contributed by atoms with E-state index in [1.54, 1.807) is 12.3 Å². The second-order valence-corrected chi connectivity index (χ2v) is 6.12. The van der Waals surface area contributed by atoms with Crippen molar-refractivity contribution in [1.82, 2.24) is 10.3 Å². The van der Waals surface area contributed by atoms with Crippen molar-refractivity contribution >= 4 is 5.82 Å². The predicted octanol–water partition coefficient (Wildman–Crippen LogP) is 2.56. The lowest BCUT2D eigenvalue weighted by Gasteiger charge is -2.19. The zero-order valence-electron chi connectivity index (χ0n) is 11.7. The summed E-state index contributed by atoms with van der Waals surface area (Å²) in [5.74, 6) is 1.60. The van der Waals surface area contributed by atoms with Crippen LogP contribution in [0.15, 0.2) is 12.3 Å². The molecule has 1 aromatic rings. The fourth-order valence-electron chi connectivity index (χ4n) is 2.67. The first-order chi connectivity index (χ1) is 9.15. The zero-order valence-corrected chi connectivity index (χ0v) is 11.7. The Morgan fingerprint density at radius 3 is 2.63 bits per heavy atom. The lowest BCUT2D eigenvalue weighted by atomic mass is 10.0. The maximum atomic E-state index is 14.5. The van der Waals surface area contributed by atoms with Crippen molar-refractivity contribution in [2.45, 2.75) is 39.3 Å². The third kappa shape index (κ3) is 2.73. The molecule has 2 atom stereocenters. The molecular formula is C15H22FN3. The van der Waals surface area contributed by atoms with Crippen LogP contribution >= 0.6 is 0 Å². The molecule has 2 aliphatic rings. The highest BCUT2D eigenvalue weighted by Crippen LogP contribution is 2.29. The normalized spacial score (nSPS) is 27.0. The van der Waals surface area contributed by atoms with Crippen molar-refractivity contribution in [3.63, 3.8) is 0 Å².